The molecule has 0 rings (SSSR count). The Morgan fingerprint density at radius 3 is 2.38 bits per heavy atom. The molecule has 0 saturated heterocycles. The summed E-state index contributed by atoms with van der Waals surface area (Å²) in [5, 5.41) is 3.21. The standard InChI is InChI=1S/C8H18INO2S/c1-2-13(11,12)8-4-7-10-6-3-5-9/h10H,2-8H2,1H3. The molecule has 0 aromatic heterocycles. The van der Waals surface area contributed by atoms with Crippen molar-refractivity contribution in [2.75, 3.05) is 29.0 Å². The number of halogens is 1. The molecule has 5 heteroatoms. The molecule has 0 radical (unpaired) electrons. The molecule has 0 bridgehead atoms. The van der Waals surface area contributed by atoms with Crippen LogP contribution in [0.25, 0.3) is 0 Å². The van der Waals surface area contributed by atoms with Crippen molar-refractivity contribution in [1.29, 1.82) is 0 Å². The largest absolute Gasteiger partial charge is 0.317 e. The Bertz CT molecular complexity index is 204. The zero-order valence-corrected chi connectivity index (χ0v) is 11.0. The second-order valence-corrected chi connectivity index (χ2v) is 6.43. The Labute approximate surface area is 94.7 Å². The van der Waals surface area contributed by atoms with E-state index in [4.69, 9.17) is 0 Å². The first kappa shape index (κ1) is 13.6. The van der Waals surface area contributed by atoms with Crippen LogP contribution in [0.1, 0.15) is 19.8 Å². The number of rotatable bonds is 8. The van der Waals surface area contributed by atoms with Gasteiger partial charge in [0.2, 0.25) is 0 Å². The molecule has 1 N–H and O–H groups in total. The molecule has 0 aliphatic rings. The molecular formula is C8H18INO2S. The van der Waals surface area contributed by atoms with Gasteiger partial charge in [0.05, 0.1) is 5.75 Å². The third-order valence-corrected chi connectivity index (χ3v) is 4.29. The summed E-state index contributed by atoms with van der Waals surface area (Å²) >= 11 is 2.33. The number of hydrogen-bond donors (Lipinski definition) is 1. The van der Waals surface area contributed by atoms with Gasteiger partial charge in [-0.25, -0.2) is 8.42 Å². The molecular weight excluding hydrogens is 301 g/mol. The third-order valence-electron chi connectivity index (χ3n) is 1.74. The minimum Gasteiger partial charge on any atom is -0.317 e. The molecule has 0 atom stereocenters. The van der Waals surface area contributed by atoms with E-state index in [1.165, 1.54) is 0 Å². The molecule has 0 saturated carbocycles. The van der Waals surface area contributed by atoms with E-state index >= 15 is 0 Å². The highest BCUT2D eigenvalue weighted by Gasteiger charge is 2.05. The summed E-state index contributed by atoms with van der Waals surface area (Å²) in [6.45, 7) is 3.50. The maximum absolute atomic E-state index is 11.1. The zero-order valence-electron chi connectivity index (χ0n) is 8.05. The predicted octanol–water partition coefficient (Wildman–Crippen LogP) is 1.23. The number of alkyl halides is 1. The summed E-state index contributed by atoms with van der Waals surface area (Å²) in [5.41, 5.74) is 0. The Kier molecular flexibility index (Phi) is 8.38. The summed E-state index contributed by atoms with van der Waals surface area (Å²) in [7, 11) is -2.75. The van der Waals surface area contributed by atoms with Crippen LogP contribution in [-0.2, 0) is 9.84 Å². The molecule has 0 unspecified atom stereocenters. The SMILES string of the molecule is CCS(=O)(=O)CCCNCCCI. The van der Waals surface area contributed by atoms with Crippen LogP contribution in [0.2, 0.25) is 0 Å². The fourth-order valence-corrected chi connectivity index (χ4v) is 2.13. The van der Waals surface area contributed by atoms with E-state index in [2.05, 4.69) is 27.9 Å². The van der Waals surface area contributed by atoms with Crippen molar-refractivity contribution in [3.63, 3.8) is 0 Å². The average Bonchev–Trinajstić information content (AvgIpc) is 2.11. The van der Waals surface area contributed by atoms with Crippen LogP contribution < -0.4 is 5.32 Å². The minimum absolute atomic E-state index is 0.265. The lowest BCUT2D eigenvalue weighted by Crippen LogP contribution is -2.20. The molecule has 0 aromatic carbocycles. The molecule has 0 spiro atoms. The number of hydrogen-bond acceptors (Lipinski definition) is 3. The number of sulfone groups is 1. The van der Waals surface area contributed by atoms with Crippen molar-refractivity contribution in [3.05, 3.63) is 0 Å². The molecule has 0 amide bonds. The molecule has 80 valence electrons. The lowest BCUT2D eigenvalue weighted by Gasteiger charge is -2.03. The molecule has 0 aromatic rings. The maximum atomic E-state index is 11.1. The van der Waals surface area contributed by atoms with Crippen molar-refractivity contribution in [2.24, 2.45) is 0 Å². The van der Waals surface area contributed by atoms with Crippen LogP contribution >= 0.6 is 22.6 Å². The van der Waals surface area contributed by atoms with Gasteiger partial charge in [0.15, 0.2) is 0 Å². The van der Waals surface area contributed by atoms with E-state index < -0.39 is 9.84 Å². The first-order valence-corrected chi connectivity index (χ1v) is 7.94. The summed E-state index contributed by atoms with van der Waals surface area (Å²) < 4.78 is 23.3. The van der Waals surface area contributed by atoms with Crippen LogP contribution in [0.3, 0.4) is 0 Å². The smallest absolute Gasteiger partial charge is 0.150 e. The fourth-order valence-electron chi connectivity index (χ4n) is 0.878. The highest BCUT2D eigenvalue weighted by molar-refractivity contribution is 14.1. The van der Waals surface area contributed by atoms with Gasteiger partial charge in [-0.15, -0.1) is 0 Å². The van der Waals surface area contributed by atoms with Crippen LogP contribution in [0.15, 0.2) is 0 Å². The Hall–Kier alpha value is 0.640. The van der Waals surface area contributed by atoms with E-state index in [1.807, 2.05) is 0 Å². The van der Waals surface area contributed by atoms with E-state index in [1.54, 1.807) is 6.92 Å². The topological polar surface area (TPSA) is 46.2 Å². The van der Waals surface area contributed by atoms with E-state index in [0.717, 1.165) is 30.4 Å². The monoisotopic (exact) mass is 319 g/mol. The van der Waals surface area contributed by atoms with E-state index in [9.17, 15) is 8.42 Å². The van der Waals surface area contributed by atoms with Gasteiger partial charge in [-0.2, -0.15) is 0 Å². The minimum atomic E-state index is -2.75. The highest BCUT2D eigenvalue weighted by atomic mass is 127. The lowest BCUT2D eigenvalue weighted by molar-refractivity contribution is 0.589. The molecule has 0 aliphatic carbocycles. The maximum Gasteiger partial charge on any atom is 0.150 e. The second-order valence-electron chi connectivity index (χ2n) is 2.88. The van der Waals surface area contributed by atoms with Gasteiger partial charge in [0.25, 0.3) is 0 Å². The Balaban J connectivity index is 3.26. The van der Waals surface area contributed by atoms with Gasteiger partial charge in [0.1, 0.15) is 9.84 Å². The summed E-state index contributed by atoms with van der Waals surface area (Å²) in [6.07, 6.45) is 1.89. The molecule has 0 aliphatic heterocycles. The van der Waals surface area contributed by atoms with Crippen molar-refractivity contribution in [1.82, 2.24) is 5.32 Å². The van der Waals surface area contributed by atoms with Crippen LogP contribution in [-0.4, -0.2) is 37.4 Å². The van der Waals surface area contributed by atoms with E-state index in [-0.39, 0.29) is 5.75 Å². The molecule has 0 heterocycles. The Morgan fingerprint density at radius 2 is 1.85 bits per heavy atom. The third kappa shape index (κ3) is 8.96. The van der Waals surface area contributed by atoms with Crippen LogP contribution in [0.4, 0.5) is 0 Å². The lowest BCUT2D eigenvalue weighted by atomic mass is 10.4. The van der Waals surface area contributed by atoms with E-state index in [0.29, 0.717) is 5.75 Å². The quantitative estimate of drug-likeness (QED) is 0.416. The summed E-state index contributed by atoms with van der Waals surface area (Å²) in [6, 6.07) is 0. The Morgan fingerprint density at radius 1 is 1.23 bits per heavy atom. The van der Waals surface area contributed by atoms with Gasteiger partial charge in [-0.3, -0.25) is 0 Å². The number of nitrogens with one attached hydrogen (secondary N) is 1. The molecule has 0 fully saturated rings. The van der Waals surface area contributed by atoms with Crippen molar-refractivity contribution in [2.45, 2.75) is 19.8 Å². The first-order chi connectivity index (χ1) is 6.12. The van der Waals surface area contributed by atoms with Gasteiger partial charge in [-0.1, -0.05) is 29.5 Å². The van der Waals surface area contributed by atoms with Crippen molar-refractivity contribution in [3.8, 4) is 0 Å². The van der Waals surface area contributed by atoms with Gasteiger partial charge in [0, 0.05) is 10.2 Å². The summed E-state index contributed by atoms with van der Waals surface area (Å²) in [5.74, 6) is 0.585. The normalized spacial score (nSPS) is 11.8. The van der Waals surface area contributed by atoms with Gasteiger partial charge in [-0.05, 0) is 25.9 Å². The average molecular weight is 319 g/mol. The highest BCUT2D eigenvalue weighted by Crippen LogP contribution is 1.92. The second kappa shape index (κ2) is 7.99. The zero-order chi connectivity index (χ0) is 10.2. The molecule has 3 nitrogen and oxygen atoms in total. The van der Waals surface area contributed by atoms with Gasteiger partial charge < -0.3 is 5.32 Å². The van der Waals surface area contributed by atoms with Gasteiger partial charge >= 0.3 is 0 Å². The van der Waals surface area contributed by atoms with Crippen LogP contribution in [0, 0.1) is 0 Å². The first-order valence-electron chi connectivity index (χ1n) is 4.59. The fraction of sp³-hybridized carbons (Fsp3) is 1.00. The molecule has 13 heavy (non-hydrogen) atoms. The van der Waals surface area contributed by atoms with Crippen molar-refractivity contribution >= 4 is 32.4 Å². The predicted molar refractivity (Wildman–Crippen MR) is 65.3 cm³/mol. The van der Waals surface area contributed by atoms with Crippen molar-refractivity contribution < 1.29 is 8.42 Å². The summed E-state index contributed by atoms with van der Waals surface area (Å²) in [4.78, 5) is 0. The van der Waals surface area contributed by atoms with Crippen LogP contribution in [0.5, 0.6) is 0 Å².